The van der Waals surface area contributed by atoms with E-state index in [1.807, 2.05) is 0 Å². The van der Waals surface area contributed by atoms with Crippen molar-refractivity contribution in [3.63, 3.8) is 0 Å². The quantitative estimate of drug-likeness (QED) is 0.593. The van der Waals surface area contributed by atoms with Crippen molar-refractivity contribution in [2.24, 2.45) is 0 Å². The van der Waals surface area contributed by atoms with E-state index < -0.39 is 0 Å². The van der Waals surface area contributed by atoms with Crippen LogP contribution in [0, 0.1) is 11.5 Å². The van der Waals surface area contributed by atoms with Gasteiger partial charge in [-0.1, -0.05) is 0 Å². The van der Waals surface area contributed by atoms with Crippen molar-refractivity contribution in [2.75, 3.05) is 0 Å². The predicted molar refractivity (Wildman–Crippen MR) is 7.55 cm³/mol. The van der Waals surface area contributed by atoms with Crippen LogP contribution in [0.2, 0.25) is 0 Å². The van der Waals surface area contributed by atoms with Gasteiger partial charge in [0.2, 0.25) is 0 Å². The maximum atomic E-state index is 6.88. The predicted octanol–water partition coefficient (Wildman–Crippen LogP) is -0.163. The number of nitriles is 1. The van der Waals surface area contributed by atoms with Gasteiger partial charge in [0, 0.05) is 20.1 Å². The van der Waals surface area contributed by atoms with Gasteiger partial charge in [-0.25, -0.2) is 0 Å². The summed E-state index contributed by atoms with van der Waals surface area (Å²) in [5.41, 5.74) is 0. The molecule has 0 aromatic carbocycles. The molecule has 0 heterocycles. The molecule has 1 N–H and O–H groups in total. The van der Waals surface area contributed by atoms with Gasteiger partial charge in [0.25, 0.3) is 6.26 Å². The Morgan fingerprint density at radius 1 is 1.75 bits per heavy atom. The number of hydrogen-bond donors (Lipinski definition) is 1. The second kappa shape index (κ2) is 12.5. The molecule has 3 heteroatoms. The number of hydrogen-bond acceptors (Lipinski definition) is 2. The van der Waals surface area contributed by atoms with Gasteiger partial charge in [-0.05, 0) is 0 Å². The molecule has 0 aliphatic rings. The molecular weight excluding hydrogens is 234 g/mol. The molecule has 0 spiro atoms. The molecule has 1 radical (unpaired) electrons. The topological polar surface area (TPSA) is 44.0 Å². The van der Waals surface area contributed by atoms with Crippen molar-refractivity contribution >= 4 is 0 Å². The van der Waals surface area contributed by atoms with E-state index in [1.165, 1.54) is 0 Å². The summed E-state index contributed by atoms with van der Waals surface area (Å²) < 4.78 is 0. The van der Waals surface area contributed by atoms with Crippen LogP contribution in [-0.2, 0) is 20.1 Å². The van der Waals surface area contributed by atoms with Crippen LogP contribution in [0.4, 0.5) is 0 Å². The Balaban J connectivity index is 0. The van der Waals surface area contributed by atoms with Gasteiger partial charge in [0.05, 0.1) is 0 Å². The minimum atomic E-state index is 0. The molecule has 0 fully saturated rings. The van der Waals surface area contributed by atoms with E-state index in [4.69, 9.17) is 10.4 Å². The van der Waals surface area contributed by atoms with Gasteiger partial charge in [0.1, 0.15) is 0 Å². The molecule has 0 aromatic rings. The molecule has 0 saturated carbocycles. The number of rotatable bonds is 0. The molecule has 0 aliphatic heterocycles. The van der Waals surface area contributed by atoms with E-state index in [1.54, 1.807) is 0 Å². The fourth-order valence-corrected chi connectivity index (χ4v) is 0. The SMILES string of the molecule is N#CO.[Ir]. The van der Waals surface area contributed by atoms with Crippen molar-refractivity contribution in [2.45, 2.75) is 0 Å². The number of nitrogens with zero attached hydrogens (tertiary/aromatic N) is 1. The second-order valence-corrected chi connectivity index (χ2v) is 0.100. The van der Waals surface area contributed by atoms with Crippen molar-refractivity contribution in [3.8, 4) is 6.26 Å². The van der Waals surface area contributed by atoms with Gasteiger partial charge in [-0.15, -0.1) is 0 Å². The van der Waals surface area contributed by atoms with Gasteiger partial charge < -0.3 is 5.11 Å². The maximum Gasteiger partial charge on any atom is 0.283 e. The maximum absolute atomic E-state index is 6.88. The summed E-state index contributed by atoms with van der Waals surface area (Å²) in [6.45, 7) is 0. The van der Waals surface area contributed by atoms with E-state index in [0.717, 1.165) is 6.26 Å². The third kappa shape index (κ3) is 465. The third-order valence-electron chi connectivity index (χ3n) is 0. The smallest absolute Gasteiger partial charge is 0.283 e. The molecule has 4 heavy (non-hydrogen) atoms. The fourth-order valence-electron chi connectivity index (χ4n) is 0. The molecule has 0 unspecified atom stereocenters. The minimum Gasteiger partial charge on any atom is -0.443 e. The summed E-state index contributed by atoms with van der Waals surface area (Å²) in [5.74, 6) is 0. The van der Waals surface area contributed by atoms with Gasteiger partial charge in [-0.2, -0.15) is 5.26 Å². The summed E-state index contributed by atoms with van der Waals surface area (Å²) in [4.78, 5) is 0. The standard InChI is InChI=1S/CHNO.Ir/c2-1-3;/h3H;. The molecule has 0 saturated heterocycles. The molecule has 0 bridgehead atoms. The summed E-state index contributed by atoms with van der Waals surface area (Å²) in [6.07, 6.45) is 0.750. The first-order valence-corrected chi connectivity index (χ1v) is 0.447. The van der Waals surface area contributed by atoms with Gasteiger partial charge in [-0.3, -0.25) is 0 Å². The monoisotopic (exact) mass is 236 g/mol. The Labute approximate surface area is 37.4 Å². The molecule has 0 rings (SSSR count). The minimum absolute atomic E-state index is 0. The molecule has 0 atom stereocenters. The number of aliphatic hydroxyl groups excluding tert-OH is 1. The van der Waals surface area contributed by atoms with E-state index in [-0.39, 0.29) is 20.1 Å². The van der Waals surface area contributed by atoms with Crippen LogP contribution in [0.5, 0.6) is 0 Å². The van der Waals surface area contributed by atoms with Crippen molar-refractivity contribution in [3.05, 3.63) is 0 Å². The van der Waals surface area contributed by atoms with Crippen LogP contribution in [0.25, 0.3) is 0 Å². The van der Waals surface area contributed by atoms with Crippen molar-refractivity contribution < 1.29 is 25.2 Å². The Kier molecular flexibility index (Phi) is 28.3. The van der Waals surface area contributed by atoms with Crippen LogP contribution in [0.15, 0.2) is 0 Å². The molecule has 0 aliphatic carbocycles. The normalized spacial score (nSPS) is 1.75. The zero-order valence-corrected chi connectivity index (χ0v) is 4.12. The summed E-state index contributed by atoms with van der Waals surface area (Å²) in [7, 11) is 0. The average Bonchev–Trinajstić information content (AvgIpc) is 0.918. The zero-order valence-electron chi connectivity index (χ0n) is 1.73. The van der Waals surface area contributed by atoms with Crippen LogP contribution >= 0.6 is 0 Å². The third-order valence-corrected chi connectivity index (χ3v) is 0. The van der Waals surface area contributed by atoms with E-state index in [0.29, 0.717) is 0 Å². The largest absolute Gasteiger partial charge is 0.443 e. The van der Waals surface area contributed by atoms with Crippen molar-refractivity contribution in [1.29, 1.82) is 5.26 Å². The fraction of sp³-hybridized carbons (Fsp3) is 0. The zero-order chi connectivity index (χ0) is 2.71. The van der Waals surface area contributed by atoms with Crippen LogP contribution in [-0.4, -0.2) is 5.11 Å². The Bertz CT molecular complexity index is 29.5. The number of aliphatic hydroxyl groups is 1. The van der Waals surface area contributed by atoms with E-state index in [2.05, 4.69) is 0 Å². The second-order valence-electron chi connectivity index (χ2n) is 0.100. The molecule has 2 nitrogen and oxygen atoms in total. The first kappa shape index (κ1) is 9.05. The first-order valence-electron chi connectivity index (χ1n) is 0.447. The summed E-state index contributed by atoms with van der Waals surface area (Å²) in [5, 5.41) is 13.8. The van der Waals surface area contributed by atoms with Gasteiger partial charge in [0.15, 0.2) is 0 Å². The molecule has 0 aromatic heterocycles. The average molecular weight is 235 g/mol. The molecule has 25 valence electrons. The van der Waals surface area contributed by atoms with E-state index >= 15 is 0 Å². The van der Waals surface area contributed by atoms with E-state index in [9.17, 15) is 0 Å². The summed E-state index contributed by atoms with van der Waals surface area (Å²) >= 11 is 0. The Hall–Kier alpha value is -0.0606. The molecule has 0 amide bonds. The first-order chi connectivity index (χ1) is 1.41. The van der Waals surface area contributed by atoms with Crippen LogP contribution < -0.4 is 0 Å². The van der Waals surface area contributed by atoms with Gasteiger partial charge >= 0.3 is 0 Å². The Morgan fingerprint density at radius 3 is 1.75 bits per heavy atom. The summed E-state index contributed by atoms with van der Waals surface area (Å²) in [6, 6.07) is 0. The van der Waals surface area contributed by atoms with Crippen LogP contribution in [0.3, 0.4) is 0 Å². The Morgan fingerprint density at radius 2 is 1.75 bits per heavy atom. The molecular formula is CHIrNO. The van der Waals surface area contributed by atoms with Crippen LogP contribution in [0.1, 0.15) is 0 Å². The van der Waals surface area contributed by atoms with Crippen molar-refractivity contribution in [1.82, 2.24) is 0 Å².